The molecular formula is C14H14Cl2N6. The maximum Gasteiger partial charge on any atom is 0.0969 e. The number of benzene rings is 1. The van der Waals surface area contributed by atoms with E-state index in [0.717, 1.165) is 23.5 Å². The highest BCUT2D eigenvalue weighted by atomic mass is 35.5. The van der Waals surface area contributed by atoms with Crippen LogP contribution in [0.5, 0.6) is 0 Å². The van der Waals surface area contributed by atoms with Gasteiger partial charge in [0.05, 0.1) is 33.8 Å². The Morgan fingerprint density at radius 2 is 2.00 bits per heavy atom. The Morgan fingerprint density at radius 3 is 2.73 bits per heavy atom. The summed E-state index contributed by atoms with van der Waals surface area (Å²) >= 11 is 11.9. The molecular weight excluding hydrogens is 323 g/mol. The van der Waals surface area contributed by atoms with E-state index < -0.39 is 0 Å². The normalized spacial score (nSPS) is 11.0. The smallest absolute Gasteiger partial charge is 0.0969 e. The molecule has 3 aromatic rings. The minimum atomic E-state index is 0.492. The van der Waals surface area contributed by atoms with Gasteiger partial charge in [-0.15, -0.1) is 5.10 Å². The summed E-state index contributed by atoms with van der Waals surface area (Å²) in [6, 6.07) is 5.34. The number of halogens is 2. The molecule has 2 aromatic heterocycles. The fourth-order valence-corrected chi connectivity index (χ4v) is 2.32. The fraction of sp³-hybridized carbons (Fsp3) is 0.214. The van der Waals surface area contributed by atoms with Crippen molar-refractivity contribution in [3.63, 3.8) is 0 Å². The van der Waals surface area contributed by atoms with E-state index in [1.165, 1.54) is 0 Å². The molecule has 0 aliphatic heterocycles. The van der Waals surface area contributed by atoms with E-state index in [1.807, 2.05) is 31.7 Å². The topological polar surface area (TPSA) is 60.6 Å². The monoisotopic (exact) mass is 336 g/mol. The van der Waals surface area contributed by atoms with Gasteiger partial charge in [-0.3, -0.25) is 4.68 Å². The molecule has 0 saturated heterocycles. The molecule has 0 bridgehead atoms. The Bertz CT molecular complexity index is 779. The first kappa shape index (κ1) is 15.0. The predicted molar refractivity (Wildman–Crippen MR) is 85.1 cm³/mol. The molecule has 0 saturated carbocycles. The van der Waals surface area contributed by atoms with Crippen molar-refractivity contribution in [1.82, 2.24) is 30.1 Å². The molecule has 0 aliphatic rings. The van der Waals surface area contributed by atoms with E-state index in [1.54, 1.807) is 21.5 Å². The van der Waals surface area contributed by atoms with Crippen LogP contribution >= 0.6 is 23.2 Å². The lowest BCUT2D eigenvalue weighted by Gasteiger charge is -2.02. The van der Waals surface area contributed by atoms with Crippen molar-refractivity contribution in [3.05, 3.63) is 58.1 Å². The maximum atomic E-state index is 6.01. The number of hydrogen-bond acceptors (Lipinski definition) is 4. The van der Waals surface area contributed by atoms with Crippen LogP contribution in [-0.4, -0.2) is 24.8 Å². The van der Waals surface area contributed by atoms with E-state index in [2.05, 4.69) is 20.7 Å². The van der Waals surface area contributed by atoms with Gasteiger partial charge in [0.25, 0.3) is 0 Å². The van der Waals surface area contributed by atoms with Gasteiger partial charge >= 0.3 is 0 Å². The van der Waals surface area contributed by atoms with Crippen molar-refractivity contribution in [1.29, 1.82) is 0 Å². The van der Waals surface area contributed by atoms with E-state index in [9.17, 15) is 0 Å². The number of aromatic nitrogens is 5. The second-order valence-electron chi connectivity index (χ2n) is 4.88. The molecule has 114 valence electrons. The van der Waals surface area contributed by atoms with Gasteiger partial charge in [0.1, 0.15) is 0 Å². The van der Waals surface area contributed by atoms with Crippen molar-refractivity contribution in [2.75, 3.05) is 0 Å². The zero-order valence-corrected chi connectivity index (χ0v) is 13.4. The molecule has 0 fully saturated rings. The maximum absolute atomic E-state index is 6.01. The molecule has 1 aromatic carbocycles. The lowest BCUT2D eigenvalue weighted by Crippen LogP contribution is -2.12. The van der Waals surface area contributed by atoms with Gasteiger partial charge in [-0.25, -0.2) is 4.68 Å². The third-order valence-corrected chi connectivity index (χ3v) is 3.84. The second kappa shape index (κ2) is 6.48. The average Bonchev–Trinajstić information content (AvgIpc) is 3.11. The third kappa shape index (κ3) is 3.47. The quantitative estimate of drug-likeness (QED) is 0.777. The van der Waals surface area contributed by atoms with Crippen LogP contribution in [-0.2, 0) is 20.1 Å². The van der Waals surface area contributed by atoms with Gasteiger partial charge in [-0.2, -0.15) is 5.10 Å². The average molecular weight is 337 g/mol. The SMILES string of the molecule is Cn1cc(CNCc2cn(-c3ccc(Cl)c(Cl)c3)nn2)cn1. The number of nitrogens with one attached hydrogen (secondary N) is 1. The van der Waals surface area contributed by atoms with Crippen LogP contribution in [0.2, 0.25) is 10.0 Å². The molecule has 6 nitrogen and oxygen atoms in total. The summed E-state index contributed by atoms with van der Waals surface area (Å²) in [5, 5.41) is 16.7. The number of hydrogen-bond donors (Lipinski definition) is 1. The van der Waals surface area contributed by atoms with Crippen LogP contribution in [0.3, 0.4) is 0 Å². The van der Waals surface area contributed by atoms with Crippen molar-refractivity contribution in [3.8, 4) is 5.69 Å². The molecule has 0 amide bonds. The summed E-state index contributed by atoms with van der Waals surface area (Å²) < 4.78 is 3.45. The molecule has 8 heteroatoms. The van der Waals surface area contributed by atoms with Gasteiger partial charge < -0.3 is 5.32 Å². The molecule has 0 aliphatic carbocycles. The highest BCUT2D eigenvalue weighted by Gasteiger charge is 2.05. The summed E-state index contributed by atoms with van der Waals surface area (Å²) in [7, 11) is 1.90. The Labute approximate surface area is 137 Å². The van der Waals surface area contributed by atoms with Crippen molar-refractivity contribution < 1.29 is 0 Å². The lowest BCUT2D eigenvalue weighted by atomic mass is 10.3. The minimum absolute atomic E-state index is 0.492. The Hall–Kier alpha value is -1.89. The van der Waals surface area contributed by atoms with Gasteiger partial charge in [0, 0.05) is 31.9 Å². The van der Waals surface area contributed by atoms with Gasteiger partial charge in [0.2, 0.25) is 0 Å². The van der Waals surface area contributed by atoms with Crippen LogP contribution in [0.25, 0.3) is 5.69 Å². The van der Waals surface area contributed by atoms with E-state index >= 15 is 0 Å². The largest absolute Gasteiger partial charge is 0.307 e. The van der Waals surface area contributed by atoms with Crippen molar-refractivity contribution >= 4 is 23.2 Å². The first-order valence-electron chi connectivity index (χ1n) is 6.67. The van der Waals surface area contributed by atoms with Gasteiger partial charge in [-0.1, -0.05) is 28.4 Å². The predicted octanol–water partition coefficient (Wildman–Crippen LogP) is 2.60. The lowest BCUT2D eigenvalue weighted by molar-refractivity contribution is 0.675. The van der Waals surface area contributed by atoms with Gasteiger partial charge in [-0.05, 0) is 18.2 Å². The van der Waals surface area contributed by atoms with E-state index in [4.69, 9.17) is 23.2 Å². The molecule has 3 rings (SSSR count). The Balaban J connectivity index is 1.62. The number of aryl methyl sites for hydroxylation is 1. The first-order chi connectivity index (χ1) is 10.6. The summed E-state index contributed by atoms with van der Waals surface area (Å²) in [6.45, 7) is 1.35. The zero-order valence-electron chi connectivity index (χ0n) is 11.9. The molecule has 1 N–H and O–H groups in total. The number of nitrogens with zero attached hydrogens (tertiary/aromatic N) is 5. The van der Waals surface area contributed by atoms with E-state index in [0.29, 0.717) is 16.6 Å². The second-order valence-corrected chi connectivity index (χ2v) is 5.69. The number of rotatable bonds is 5. The van der Waals surface area contributed by atoms with Crippen molar-refractivity contribution in [2.45, 2.75) is 13.1 Å². The highest BCUT2D eigenvalue weighted by Crippen LogP contribution is 2.24. The molecule has 2 heterocycles. The van der Waals surface area contributed by atoms with E-state index in [-0.39, 0.29) is 0 Å². The fourth-order valence-electron chi connectivity index (χ4n) is 2.03. The summed E-state index contributed by atoms with van der Waals surface area (Å²) in [6.07, 6.45) is 5.66. The first-order valence-corrected chi connectivity index (χ1v) is 7.42. The summed E-state index contributed by atoms with van der Waals surface area (Å²) in [5.74, 6) is 0. The van der Waals surface area contributed by atoms with Crippen LogP contribution in [0.1, 0.15) is 11.3 Å². The Morgan fingerprint density at radius 1 is 1.14 bits per heavy atom. The highest BCUT2D eigenvalue weighted by molar-refractivity contribution is 6.42. The summed E-state index contributed by atoms with van der Waals surface area (Å²) in [4.78, 5) is 0. The molecule has 0 radical (unpaired) electrons. The standard InChI is InChI=1S/C14H14Cl2N6/c1-21-8-10(6-18-21)5-17-7-11-9-22(20-19-11)12-2-3-13(15)14(16)4-12/h2-4,6,8-9,17H,5,7H2,1H3. The van der Waals surface area contributed by atoms with Crippen LogP contribution in [0.15, 0.2) is 36.8 Å². The molecule has 0 spiro atoms. The molecule has 0 unspecified atom stereocenters. The van der Waals surface area contributed by atoms with Crippen LogP contribution < -0.4 is 5.32 Å². The third-order valence-electron chi connectivity index (χ3n) is 3.10. The molecule has 22 heavy (non-hydrogen) atoms. The van der Waals surface area contributed by atoms with Crippen LogP contribution in [0.4, 0.5) is 0 Å². The Kier molecular flexibility index (Phi) is 4.42. The zero-order chi connectivity index (χ0) is 15.5. The minimum Gasteiger partial charge on any atom is -0.307 e. The van der Waals surface area contributed by atoms with Crippen molar-refractivity contribution in [2.24, 2.45) is 7.05 Å². The summed E-state index contributed by atoms with van der Waals surface area (Å²) in [5.41, 5.74) is 2.79. The molecule has 0 atom stereocenters. The van der Waals surface area contributed by atoms with Gasteiger partial charge in [0.15, 0.2) is 0 Å². The van der Waals surface area contributed by atoms with Crippen LogP contribution in [0, 0.1) is 0 Å².